The number of aryl methyl sites for hydroxylation is 1. The van der Waals surface area contributed by atoms with E-state index in [1.807, 2.05) is 85.8 Å². The third-order valence-corrected chi connectivity index (χ3v) is 5.97. The van der Waals surface area contributed by atoms with E-state index in [0.717, 1.165) is 38.9 Å². The highest BCUT2D eigenvalue weighted by atomic mass is 16.6. The molecule has 0 fully saturated rings. The first-order valence-corrected chi connectivity index (χ1v) is 11.6. The maximum absolute atomic E-state index is 13.3. The summed E-state index contributed by atoms with van der Waals surface area (Å²) in [4.78, 5) is 30.1. The molecule has 0 aliphatic carbocycles. The van der Waals surface area contributed by atoms with E-state index in [2.05, 4.69) is 4.98 Å². The second-order valence-corrected chi connectivity index (χ2v) is 8.20. The minimum Gasteiger partial charge on any atom is -0.465 e. The van der Waals surface area contributed by atoms with Crippen molar-refractivity contribution >= 4 is 22.8 Å². The Hall–Kier alpha value is -3.86. The number of rotatable bonds is 8. The Balaban J connectivity index is 2.04. The van der Waals surface area contributed by atoms with Crippen LogP contribution in [0, 0.1) is 12.8 Å². The Morgan fingerprint density at radius 2 is 1.38 bits per heavy atom. The lowest BCUT2D eigenvalue weighted by Gasteiger charge is -2.26. The molecule has 1 heterocycles. The van der Waals surface area contributed by atoms with E-state index in [9.17, 15) is 9.59 Å². The van der Waals surface area contributed by atoms with Gasteiger partial charge in [0.2, 0.25) is 0 Å². The maximum Gasteiger partial charge on any atom is 0.321 e. The van der Waals surface area contributed by atoms with Crippen LogP contribution in [0.25, 0.3) is 22.2 Å². The predicted molar refractivity (Wildman–Crippen MR) is 134 cm³/mol. The first kappa shape index (κ1) is 23.3. The van der Waals surface area contributed by atoms with Gasteiger partial charge in [0.25, 0.3) is 0 Å². The van der Waals surface area contributed by atoms with Crippen molar-refractivity contribution in [3.05, 3.63) is 95.6 Å². The van der Waals surface area contributed by atoms with E-state index in [1.54, 1.807) is 13.8 Å². The summed E-state index contributed by atoms with van der Waals surface area (Å²) in [6, 6.07) is 25.8. The number of carbonyl (C=O) groups excluding carboxylic acids is 2. The topological polar surface area (TPSA) is 68.4 Å². The van der Waals surface area contributed by atoms with Gasteiger partial charge in [-0.15, -0.1) is 0 Å². The van der Waals surface area contributed by atoms with Gasteiger partial charge in [0, 0.05) is 16.8 Å². The molecule has 34 heavy (non-hydrogen) atoms. The standard InChI is InChI=1S/C29H29NO4/c1-4-33-28(31)26(29(32)34-5-2)24(20-17-15-19(3)16-18-20)25-22-13-9-10-14-23(22)30-27(25)21-11-7-6-8-12-21/h6-18,24,26,30H,4-5H2,1-3H3. The smallest absolute Gasteiger partial charge is 0.321 e. The van der Waals surface area contributed by atoms with Crippen molar-refractivity contribution in [3.63, 3.8) is 0 Å². The summed E-state index contributed by atoms with van der Waals surface area (Å²) in [5, 5.41) is 0.950. The highest BCUT2D eigenvalue weighted by molar-refractivity contribution is 6.00. The third kappa shape index (κ3) is 4.60. The van der Waals surface area contributed by atoms with Crippen LogP contribution in [0.5, 0.6) is 0 Å². The number of carbonyl (C=O) groups is 2. The van der Waals surface area contributed by atoms with Gasteiger partial charge in [-0.1, -0.05) is 78.4 Å². The molecule has 0 aliphatic heterocycles. The average Bonchev–Trinajstić information content (AvgIpc) is 3.23. The molecular weight excluding hydrogens is 426 g/mol. The highest BCUT2D eigenvalue weighted by Gasteiger charge is 2.41. The summed E-state index contributed by atoms with van der Waals surface area (Å²) in [7, 11) is 0. The predicted octanol–water partition coefficient (Wildman–Crippen LogP) is 6.02. The molecular formula is C29H29NO4. The van der Waals surface area contributed by atoms with Gasteiger partial charge in [0.05, 0.1) is 18.9 Å². The van der Waals surface area contributed by atoms with Crippen molar-refractivity contribution in [2.45, 2.75) is 26.7 Å². The fourth-order valence-electron chi connectivity index (χ4n) is 4.45. The number of fused-ring (bicyclic) bond motifs is 1. The van der Waals surface area contributed by atoms with Gasteiger partial charge in [-0.3, -0.25) is 9.59 Å². The van der Waals surface area contributed by atoms with Gasteiger partial charge in [-0.05, 0) is 43.5 Å². The van der Waals surface area contributed by atoms with Gasteiger partial charge in [-0.2, -0.15) is 0 Å². The molecule has 1 unspecified atom stereocenters. The summed E-state index contributed by atoms with van der Waals surface area (Å²) >= 11 is 0. The summed E-state index contributed by atoms with van der Waals surface area (Å²) in [5.41, 5.74) is 5.58. The Morgan fingerprint density at radius 3 is 2.00 bits per heavy atom. The van der Waals surface area contributed by atoms with Crippen LogP contribution in [0.4, 0.5) is 0 Å². The zero-order chi connectivity index (χ0) is 24.1. The summed E-state index contributed by atoms with van der Waals surface area (Å²) < 4.78 is 10.8. The molecule has 1 N–H and O–H groups in total. The number of H-pyrrole nitrogens is 1. The van der Waals surface area contributed by atoms with E-state index in [-0.39, 0.29) is 13.2 Å². The second kappa shape index (κ2) is 10.4. The molecule has 0 aliphatic rings. The SMILES string of the molecule is CCOC(=O)C(C(=O)OCC)C(c1ccc(C)cc1)c1c(-c2ccccc2)[nH]c2ccccc12. The number of hydrogen-bond donors (Lipinski definition) is 1. The molecule has 5 nitrogen and oxygen atoms in total. The first-order valence-electron chi connectivity index (χ1n) is 11.6. The van der Waals surface area contributed by atoms with Crippen molar-refractivity contribution in [3.8, 4) is 11.3 Å². The van der Waals surface area contributed by atoms with Crippen molar-refractivity contribution in [2.75, 3.05) is 13.2 Å². The summed E-state index contributed by atoms with van der Waals surface area (Å²) in [5.74, 6) is -2.93. The molecule has 4 rings (SSSR count). The fourth-order valence-corrected chi connectivity index (χ4v) is 4.45. The van der Waals surface area contributed by atoms with E-state index >= 15 is 0 Å². The van der Waals surface area contributed by atoms with Crippen molar-refractivity contribution in [1.29, 1.82) is 0 Å². The molecule has 1 aromatic heterocycles. The van der Waals surface area contributed by atoms with Gasteiger partial charge >= 0.3 is 11.9 Å². The molecule has 5 heteroatoms. The third-order valence-electron chi connectivity index (χ3n) is 5.97. The number of ether oxygens (including phenoxy) is 2. The molecule has 0 radical (unpaired) electrons. The normalized spacial score (nSPS) is 12.0. The minimum atomic E-state index is -1.15. The van der Waals surface area contributed by atoms with E-state index < -0.39 is 23.8 Å². The largest absolute Gasteiger partial charge is 0.465 e. The Labute approximate surface area is 199 Å². The second-order valence-electron chi connectivity index (χ2n) is 8.20. The number of aromatic nitrogens is 1. The van der Waals surface area contributed by atoms with Crippen LogP contribution in [0.1, 0.15) is 36.5 Å². The molecule has 4 aromatic rings. The lowest BCUT2D eigenvalue weighted by molar-refractivity contribution is -0.162. The molecule has 0 bridgehead atoms. The number of aromatic amines is 1. The number of para-hydroxylation sites is 1. The van der Waals surface area contributed by atoms with Crippen LogP contribution < -0.4 is 0 Å². The average molecular weight is 456 g/mol. The fraction of sp³-hybridized carbons (Fsp3) is 0.241. The number of hydrogen-bond acceptors (Lipinski definition) is 4. The first-order chi connectivity index (χ1) is 16.5. The molecule has 0 saturated carbocycles. The number of benzene rings is 3. The maximum atomic E-state index is 13.3. The molecule has 3 aromatic carbocycles. The van der Waals surface area contributed by atoms with Gasteiger partial charge in [0.15, 0.2) is 5.92 Å². The minimum absolute atomic E-state index is 0.175. The monoisotopic (exact) mass is 455 g/mol. The lowest BCUT2D eigenvalue weighted by Crippen LogP contribution is -2.34. The summed E-state index contributed by atoms with van der Waals surface area (Å²) in [6.07, 6.45) is 0. The van der Waals surface area contributed by atoms with Crippen LogP contribution >= 0.6 is 0 Å². The van der Waals surface area contributed by atoms with E-state index in [4.69, 9.17) is 9.47 Å². The lowest BCUT2D eigenvalue weighted by atomic mass is 9.78. The quantitative estimate of drug-likeness (QED) is 0.261. The van der Waals surface area contributed by atoms with Crippen molar-refractivity contribution < 1.29 is 19.1 Å². The Bertz CT molecular complexity index is 1260. The van der Waals surface area contributed by atoms with Gasteiger partial charge < -0.3 is 14.5 Å². The zero-order valence-electron chi connectivity index (χ0n) is 19.7. The Morgan fingerprint density at radius 1 is 0.794 bits per heavy atom. The van der Waals surface area contributed by atoms with Crippen LogP contribution in [0.3, 0.4) is 0 Å². The molecule has 174 valence electrons. The number of esters is 2. The number of nitrogens with one attached hydrogen (secondary N) is 1. The zero-order valence-corrected chi connectivity index (χ0v) is 19.7. The van der Waals surface area contributed by atoms with Crippen LogP contribution in [-0.4, -0.2) is 30.1 Å². The van der Waals surface area contributed by atoms with E-state index in [0.29, 0.717) is 0 Å². The molecule has 0 spiro atoms. The molecule has 0 saturated heterocycles. The van der Waals surface area contributed by atoms with Crippen molar-refractivity contribution in [1.82, 2.24) is 4.98 Å². The molecule has 0 amide bonds. The van der Waals surface area contributed by atoms with Gasteiger partial charge in [-0.25, -0.2) is 0 Å². The Kier molecular flexibility index (Phi) is 7.12. The highest BCUT2D eigenvalue weighted by Crippen LogP contribution is 2.43. The molecule has 1 atom stereocenters. The van der Waals surface area contributed by atoms with Crippen LogP contribution in [0.2, 0.25) is 0 Å². The van der Waals surface area contributed by atoms with Gasteiger partial charge in [0.1, 0.15) is 0 Å². The van der Waals surface area contributed by atoms with Crippen LogP contribution in [0.15, 0.2) is 78.9 Å². The van der Waals surface area contributed by atoms with Crippen LogP contribution in [-0.2, 0) is 19.1 Å². The van der Waals surface area contributed by atoms with Crippen molar-refractivity contribution in [2.24, 2.45) is 5.92 Å². The van der Waals surface area contributed by atoms with E-state index in [1.165, 1.54) is 0 Å². The summed E-state index contributed by atoms with van der Waals surface area (Å²) in [6.45, 7) is 5.84.